The van der Waals surface area contributed by atoms with Crippen LogP contribution in [0.4, 0.5) is 17.5 Å². The summed E-state index contributed by atoms with van der Waals surface area (Å²) in [4.78, 5) is 67.1. The van der Waals surface area contributed by atoms with Crippen LogP contribution in [-0.2, 0) is 20.8 Å². The van der Waals surface area contributed by atoms with Crippen LogP contribution in [0.2, 0.25) is 0 Å². The van der Waals surface area contributed by atoms with Crippen LogP contribution in [-0.4, -0.2) is 63.6 Å². The number of fused-ring (bicyclic) bond motifs is 1. The molecule has 1 aliphatic heterocycles. The molecule has 0 bridgehead atoms. The molecule has 180 valence electrons. The number of hydrogen-bond acceptors (Lipinski definition) is 8. The standard InChI is InChI=1S/C21H24N6O7/c1-27(9-11-8-13-16(24-18(11)31)25-21(22)26-19(13)32)12-4-2-10(3-5-12)17(30)23-14(20(33)34)6-7-15(28)29/h2-5,11,14H,6-9H2,1H3,(H,23,30)(H,28,29)(H,33,34)(H4,22,24,25,26,31,32)/t11?,14-/m0/s1. The molecule has 0 saturated heterocycles. The van der Waals surface area contributed by atoms with E-state index < -0.39 is 41.8 Å². The summed E-state index contributed by atoms with van der Waals surface area (Å²) >= 11 is 0. The highest BCUT2D eigenvalue weighted by Crippen LogP contribution is 2.23. The van der Waals surface area contributed by atoms with Gasteiger partial charge in [0, 0.05) is 31.3 Å². The van der Waals surface area contributed by atoms with Crippen molar-refractivity contribution >= 4 is 41.2 Å². The van der Waals surface area contributed by atoms with Crippen molar-refractivity contribution in [1.29, 1.82) is 0 Å². The number of carboxylic acids is 2. The molecule has 0 spiro atoms. The summed E-state index contributed by atoms with van der Waals surface area (Å²) in [5.74, 6) is -3.89. The SMILES string of the molecule is CN(CC1Cc2c(nc(N)[nH]c2=O)NC1=O)c1ccc(C(=O)N[C@@H](CCC(=O)O)C(=O)O)cc1. The van der Waals surface area contributed by atoms with Gasteiger partial charge < -0.3 is 31.5 Å². The van der Waals surface area contributed by atoms with Gasteiger partial charge in [0.1, 0.15) is 11.9 Å². The van der Waals surface area contributed by atoms with Crippen LogP contribution in [0.1, 0.15) is 28.8 Å². The zero-order chi connectivity index (χ0) is 25.0. The monoisotopic (exact) mass is 472 g/mol. The first-order chi connectivity index (χ1) is 16.0. The van der Waals surface area contributed by atoms with Crippen LogP contribution >= 0.6 is 0 Å². The summed E-state index contributed by atoms with van der Waals surface area (Å²) < 4.78 is 0. The van der Waals surface area contributed by atoms with Crippen molar-refractivity contribution in [3.8, 4) is 0 Å². The van der Waals surface area contributed by atoms with E-state index in [0.717, 1.165) is 0 Å². The Hall–Kier alpha value is -4.42. The molecule has 1 aromatic heterocycles. The second kappa shape index (κ2) is 10.0. The number of amides is 2. The van der Waals surface area contributed by atoms with Crippen molar-refractivity contribution in [1.82, 2.24) is 15.3 Å². The third-order valence-electron chi connectivity index (χ3n) is 5.41. The molecule has 1 aromatic carbocycles. The van der Waals surface area contributed by atoms with Gasteiger partial charge in [-0.3, -0.25) is 24.2 Å². The molecule has 2 amide bonds. The minimum Gasteiger partial charge on any atom is -0.481 e. The number of nitrogen functional groups attached to an aromatic ring is 1. The summed E-state index contributed by atoms with van der Waals surface area (Å²) in [6, 6.07) is 4.92. The minimum absolute atomic E-state index is 0.0831. The van der Waals surface area contributed by atoms with Gasteiger partial charge in [0.15, 0.2) is 0 Å². The van der Waals surface area contributed by atoms with Gasteiger partial charge in [0.2, 0.25) is 11.9 Å². The highest BCUT2D eigenvalue weighted by atomic mass is 16.4. The van der Waals surface area contributed by atoms with E-state index in [1.165, 1.54) is 12.1 Å². The number of H-pyrrole nitrogens is 1. The molecule has 13 heteroatoms. The molecule has 0 radical (unpaired) electrons. The largest absolute Gasteiger partial charge is 0.481 e. The second-order valence-electron chi connectivity index (χ2n) is 7.89. The molecule has 0 saturated carbocycles. The lowest BCUT2D eigenvalue weighted by atomic mass is 9.95. The Morgan fingerprint density at radius 3 is 2.53 bits per heavy atom. The van der Waals surface area contributed by atoms with Gasteiger partial charge in [-0.05, 0) is 37.1 Å². The molecule has 34 heavy (non-hydrogen) atoms. The topological polar surface area (TPSA) is 208 Å². The molecule has 1 aliphatic rings. The third-order valence-corrected chi connectivity index (χ3v) is 5.41. The quantitative estimate of drug-likeness (QED) is 0.279. The van der Waals surface area contributed by atoms with Crippen molar-refractivity contribution in [2.24, 2.45) is 5.92 Å². The lowest BCUT2D eigenvalue weighted by molar-refractivity contribution is -0.140. The maximum absolute atomic E-state index is 12.5. The number of aromatic amines is 1. The first kappa shape index (κ1) is 24.2. The smallest absolute Gasteiger partial charge is 0.326 e. The predicted molar refractivity (Wildman–Crippen MR) is 121 cm³/mol. The Bertz CT molecular complexity index is 1180. The van der Waals surface area contributed by atoms with Crippen molar-refractivity contribution in [2.45, 2.75) is 25.3 Å². The highest BCUT2D eigenvalue weighted by Gasteiger charge is 2.30. The van der Waals surface area contributed by atoms with E-state index in [9.17, 15) is 29.1 Å². The Balaban J connectivity index is 1.64. The van der Waals surface area contributed by atoms with Gasteiger partial charge in [-0.1, -0.05) is 0 Å². The van der Waals surface area contributed by atoms with Gasteiger partial charge in [0.25, 0.3) is 11.5 Å². The van der Waals surface area contributed by atoms with Gasteiger partial charge >= 0.3 is 11.9 Å². The lowest BCUT2D eigenvalue weighted by Crippen LogP contribution is -2.41. The van der Waals surface area contributed by atoms with E-state index >= 15 is 0 Å². The molecule has 0 fully saturated rings. The van der Waals surface area contributed by atoms with E-state index in [0.29, 0.717) is 11.3 Å². The summed E-state index contributed by atoms with van der Waals surface area (Å²) in [5, 5.41) is 22.8. The molecule has 1 unspecified atom stereocenters. The number of anilines is 3. The van der Waals surface area contributed by atoms with Gasteiger partial charge in [-0.25, -0.2) is 4.79 Å². The van der Waals surface area contributed by atoms with Crippen molar-refractivity contribution in [2.75, 3.05) is 29.5 Å². The molecular formula is C21H24N6O7. The zero-order valence-electron chi connectivity index (χ0n) is 18.2. The third kappa shape index (κ3) is 5.68. The molecule has 3 rings (SSSR count). The maximum atomic E-state index is 12.5. The number of carboxylic acid groups (broad SMARTS) is 2. The highest BCUT2D eigenvalue weighted by molar-refractivity contribution is 5.97. The number of hydrogen-bond donors (Lipinski definition) is 6. The Kier molecular flexibility index (Phi) is 7.14. The van der Waals surface area contributed by atoms with Gasteiger partial charge in [0.05, 0.1) is 11.5 Å². The van der Waals surface area contributed by atoms with E-state index in [4.69, 9.17) is 10.8 Å². The number of nitrogens with one attached hydrogen (secondary N) is 3. The molecule has 2 aromatic rings. The second-order valence-corrected chi connectivity index (χ2v) is 7.89. The van der Waals surface area contributed by atoms with Crippen molar-refractivity contribution in [3.05, 3.63) is 45.7 Å². The predicted octanol–water partition coefficient (Wildman–Crippen LogP) is -0.353. The Morgan fingerprint density at radius 1 is 1.24 bits per heavy atom. The van der Waals surface area contributed by atoms with Crippen LogP contribution in [0.25, 0.3) is 0 Å². The number of aromatic nitrogens is 2. The summed E-state index contributed by atoms with van der Waals surface area (Å²) in [6.45, 7) is 0.275. The van der Waals surface area contributed by atoms with Gasteiger partial charge in [-0.15, -0.1) is 0 Å². The molecule has 2 heterocycles. The van der Waals surface area contributed by atoms with Crippen LogP contribution < -0.4 is 26.8 Å². The van der Waals surface area contributed by atoms with E-state index in [1.54, 1.807) is 24.1 Å². The molecule has 7 N–H and O–H groups in total. The molecule has 13 nitrogen and oxygen atoms in total. The molecule has 0 aliphatic carbocycles. The van der Waals surface area contributed by atoms with Crippen molar-refractivity contribution in [3.63, 3.8) is 0 Å². The first-order valence-electron chi connectivity index (χ1n) is 10.3. The molecule has 2 atom stereocenters. The average Bonchev–Trinajstić information content (AvgIpc) is 2.77. The maximum Gasteiger partial charge on any atom is 0.326 e. The van der Waals surface area contributed by atoms with Crippen LogP contribution in [0.5, 0.6) is 0 Å². The normalized spacial score (nSPS) is 15.6. The number of nitrogens with zero attached hydrogens (tertiary/aromatic N) is 2. The van der Waals surface area contributed by atoms with Crippen molar-refractivity contribution < 1.29 is 29.4 Å². The van der Waals surface area contributed by atoms with Gasteiger partial charge in [-0.2, -0.15) is 4.98 Å². The number of carbonyl (C=O) groups excluding carboxylic acids is 2. The zero-order valence-corrected chi connectivity index (χ0v) is 18.2. The van der Waals surface area contributed by atoms with Crippen LogP contribution in [0, 0.1) is 5.92 Å². The number of aliphatic carboxylic acids is 2. The summed E-state index contributed by atoms with van der Waals surface area (Å²) in [7, 11) is 1.75. The Morgan fingerprint density at radius 2 is 1.91 bits per heavy atom. The van der Waals surface area contributed by atoms with Crippen LogP contribution in [0.3, 0.4) is 0 Å². The lowest BCUT2D eigenvalue weighted by Gasteiger charge is -2.28. The summed E-state index contributed by atoms with van der Waals surface area (Å²) in [6.07, 6.45) is -0.453. The fourth-order valence-corrected chi connectivity index (χ4v) is 3.58. The first-order valence-corrected chi connectivity index (χ1v) is 10.3. The minimum atomic E-state index is -1.33. The fraction of sp³-hybridized carbons (Fsp3) is 0.333. The number of rotatable bonds is 9. The number of benzene rings is 1. The average molecular weight is 472 g/mol. The fourth-order valence-electron chi connectivity index (χ4n) is 3.58. The summed E-state index contributed by atoms with van der Waals surface area (Å²) in [5.41, 5.74) is 6.32. The van der Waals surface area contributed by atoms with E-state index in [1.807, 2.05) is 0 Å². The Labute approximate surface area is 193 Å². The number of carbonyl (C=O) groups is 4. The van der Waals surface area contributed by atoms with E-state index in [-0.39, 0.29) is 42.6 Å². The molecular weight excluding hydrogens is 448 g/mol. The van der Waals surface area contributed by atoms with E-state index in [2.05, 4.69) is 20.6 Å². The number of nitrogens with two attached hydrogens (primary N) is 1. The van der Waals surface area contributed by atoms with Crippen LogP contribution in [0.15, 0.2) is 29.1 Å².